The molecule has 3 rings (SSSR count). The van der Waals surface area contributed by atoms with Crippen LogP contribution in [0.15, 0.2) is 25.2 Å². The topological polar surface area (TPSA) is 172 Å². The Bertz CT molecular complexity index is 708. The molecule has 3 aromatic heterocycles. The van der Waals surface area contributed by atoms with E-state index in [-0.39, 0.29) is 6.42 Å². The summed E-state index contributed by atoms with van der Waals surface area (Å²) in [4.78, 5) is 31.1. The minimum Gasteiger partial charge on any atom is -0.480 e. The van der Waals surface area contributed by atoms with Gasteiger partial charge in [0, 0.05) is 18.3 Å². The monoisotopic (exact) mass is 290 g/mol. The second-order valence-corrected chi connectivity index (χ2v) is 4.09. The molecule has 3 heterocycles. The van der Waals surface area contributed by atoms with Gasteiger partial charge in [-0.3, -0.25) is 4.79 Å². The summed E-state index contributed by atoms with van der Waals surface area (Å²) in [6.45, 7) is 0. The fourth-order valence-corrected chi connectivity index (χ4v) is 1.50. The van der Waals surface area contributed by atoms with Crippen LogP contribution in [0.25, 0.3) is 11.2 Å². The Hall–Kier alpha value is -3.01. The molecule has 0 saturated heterocycles. The molecule has 21 heavy (non-hydrogen) atoms. The molecule has 7 N–H and O–H groups in total. The second-order valence-electron chi connectivity index (χ2n) is 4.09. The Morgan fingerprint density at radius 1 is 1.29 bits per heavy atom. The lowest BCUT2D eigenvalue weighted by Crippen LogP contribution is -2.32. The van der Waals surface area contributed by atoms with Crippen LogP contribution in [-0.2, 0) is 11.2 Å². The van der Waals surface area contributed by atoms with Gasteiger partial charge in [0.1, 0.15) is 17.9 Å². The van der Waals surface area contributed by atoms with E-state index in [0.29, 0.717) is 17.0 Å². The number of H-pyrrole nitrogens is 2. The zero-order valence-corrected chi connectivity index (χ0v) is 10.9. The highest BCUT2D eigenvalue weighted by molar-refractivity contribution is 5.80. The number of aromatic amines is 2. The summed E-state index contributed by atoms with van der Waals surface area (Å²) in [5, 5.41) is 8.42. The number of nitrogens with two attached hydrogens (primary N) is 2. The van der Waals surface area contributed by atoms with Crippen molar-refractivity contribution >= 4 is 23.0 Å². The minimum absolute atomic E-state index is 0.287. The zero-order valence-electron chi connectivity index (χ0n) is 10.9. The van der Waals surface area contributed by atoms with Crippen LogP contribution < -0.4 is 11.5 Å². The molecule has 10 nitrogen and oxygen atoms in total. The first-order valence-electron chi connectivity index (χ1n) is 5.93. The first-order chi connectivity index (χ1) is 10.1. The van der Waals surface area contributed by atoms with Crippen LogP contribution in [0.4, 0.5) is 5.82 Å². The Morgan fingerprint density at radius 3 is 2.71 bits per heavy atom. The average Bonchev–Trinajstić information content (AvgIpc) is 3.10. The normalized spacial score (nSPS) is 11.7. The lowest BCUT2D eigenvalue weighted by atomic mass is 10.2. The Morgan fingerprint density at radius 2 is 2.10 bits per heavy atom. The number of fused-ring (bicyclic) bond motifs is 1. The number of nitrogens with one attached hydrogen (secondary N) is 2. The van der Waals surface area contributed by atoms with Crippen LogP contribution in [0.1, 0.15) is 5.69 Å². The maximum Gasteiger partial charge on any atom is 0.320 e. The number of imidazole rings is 2. The van der Waals surface area contributed by atoms with E-state index in [1.807, 2.05) is 0 Å². The number of nitrogen functional groups attached to an aromatic ring is 1. The van der Waals surface area contributed by atoms with Crippen LogP contribution in [-0.4, -0.2) is 47.0 Å². The summed E-state index contributed by atoms with van der Waals surface area (Å²) in [5.74, 6) is -0.567. The standard InChI is InChI=1S/C6H9N3O2.C5H5N5/c7-5(6(10)11)1-4-2-8-3-9-4;6-4-3-5(9-1-7-3)10-2-8-4/h2-3,5H,1,7H2,(H,8,9)(H,10,11);1-2H,(H3,6,7,8,9,10)/t5-;/m0./s1. The number of nitrogens with zero attached hydrogens (tertiary/aromatic N) is 4. The van der Waals surface area contributed by atoms with Crippen LogP contribution >= 0.6 is 0 Å². The lowest BCUT2D eigenvalue weighted by Gasteiger charge is -2.02. The van der Waals surface area contributed by atoms with E-state index in [9.17, 15) is 4.79 Å². The van der Waals surface area contributed by atoms with Gasteiger partial charge in [0.2, 0.25) is 0 Å². The summed E-state index contributed by atoms with van der Waals surface area (Å²) >= 11 is 0. The van der Waals surface area contributed by atoms with Crippen LogP contribution in [0.5, 0.6) is 0 Å². The number of hydrogen-bond donors (Lipinski definition) is 5. The van der Waals surface area contributed by atoms with Crippen LogP contribution in [0.3, 0.4) is 0 Å². The molecule has 110 valence electrons. The number of anilines is 1. The van der Waals surface area contributed by atoms with Gasteiger partial charge in [-0.2, -0.15) is 0 Å². The van der Waals surface area contributed by atoms with Crippen LogP contribution in [0, 0.1) is 0 Å². The number of carboxylic acids is 1. The predicted octanol–water partition coefficient (Wildman–Crippen LogP) is -0.701. The first-order valence-corrected chi connectivity index (χ1v) is 5.93. The molecule has 0 aliphatic heterocycles. The van der Waals surface area contributed by atoms with Gasteiger partial charge >= 0.3 is 5.97 Å². The van der Waals surface area contributed by atoms with Crippen molar-refractivity contribution in [3.05, 3.63) is 30.9 Å². The molecule has 0 aliphatic carbocycles. The van der Waals surface area contributed by atoms with E-state index in [1.165, 1.54) is 19.0 Å². The molecule has 0 unspecified atom stereocenters. The fourth-order valence-electron chi connectivity index (χ4n) is 1.50. The van der Waals surface area contributed by atoms with Crippen molar-refractivity contribution in [3.8, 4) is 0 Å². The molecule has 0 aliphatic rings. The summed E-state index contributed by atoms with van der Waals surface area (Å²) in [7, 11) is 0. The highest BCUT2D eigenvalue weighted by atomic mass is 16.4. The third-order valence-electron chi connectivity index (χ3n) is 2.56. The highest BCUT2D eigenvalue weighted by Crippen LogP contribution is 2.09. The van der Waals surface area contributed by atoms with Gasteiger partial charge in [-0.15, -0.1) is 0 Å². The van der Waals surface area contributed by atoms with Gasteiger partial charge < -0.3 is 26.5 Å². The number of aromatic nitrogens is 6. The molecule has 0 saturated carbocycles. The number of carboxylic acid groups (broad SMARTS) is 1. The molecule has 0 radical (unpaired) electrons. The van der Waals surface area contributed by atoms with Gasteiger partial charge in [-0.1, -0.05) is 0 Å². The smallest absolute Gasteiger partial charge is 0.320 e. The molecule has 0 bridgehead atoms. The molecular formula is C11H14N8O2. The average molecular weight is 290 g/mol. The summed E-state index contributed by atoms with van der Waals surface area (Å²) in [5.41, 5.74) is 12.8. The minimum atomic E-state index is -1.00. The maximum absolute atomic E-state index is 10.3. The molecule has 0 fully saturated rings. The van der Waals surface area contributed by atoms with Gasteiger partial charge in [-0.25, -0.2) is 19.9 Å². The second kappa shape index (κ2) is 6.43. The van der Waals surface area contributed by atoms with Gasteiger partial charge in [0.05, 0.1) is 12.7 Å². The zero-order chi connectivity index (χ0) is 15.2. The largest absolute Gasteiger partial charge is 0.480 e. The molecular weight excluding hydrogens is 276 g/mol. The fraction of sp³-hybridized carbons (Fsp3) is 0.182. The molecule has 3 aromatic rings. The van der Waals surface area contributed by atoms with E-state index in [4.69, 9.17) is 16.6 Å². The van der Waals surface area contributed by atoms with Crippen molar-refractivity contribution in [1.29, 1.82) is 0 Å². The number of aliphatic carboxylic acids is 1. The van der Waals surface area contributed by atoms with Crippen LogP contribution in [0.2, 0.25) is 0 Å². The molecule has 10 heteroatoms. The molecule has 0 aromatic carbocycles. The number of carbonyl (C=O) groups is 1. The Balaban J connectivity index is 0.000000154. The summed E-state index contributed by atoms with van der Waals surface area (Å²) in [6, 6.07) is -0.851. The van der Waals surface area contributed by atoms with Crippen molar-refractivity contribution in [2.24, 2.45) is 5.73 Å². The Labute approximate surface area is 118 Å². The molecule has 0 spiro atoms. The summed E-state index contributed by atoms with van der Waals surface area (Å²) < 4.78 is 0. The van der Waals surface area contributed by atoms with Crippen molar-refractivity contribution in [2.75, 3.05) is 5.73 Å². The number of hydrogen-bond acceptors (Lipinski definition) is 7. The van der Waals surface area contributed by atoms with Crippen molar-refractivity contribution in [1.82, 2.24) is 29.9 Å². The van der Waals surface area contributed by atoms with E-state index in [1.54, 1.807) is 6.20 Å². The third kappa shape index (κ3) is 3.73. The molecule has 0 amide bonds. The summed E-state index contributed by atoms with van der Waals surface area (Å²) in [6.07, 6.45) is 6.26. The van der Waals surface area contributed by atoms with Gasteiger partial charge in [-0.05, 0) is 0 Å². The quantitative estimate of drug-likeness (QED) is 0.421. The van der Waals surface area contributed by atoms with Crippen molar-refractivity contribution < 1.29 is 9.90 Å². The van der Waals surface area contributed by atoms with E-state index >= 15 is 0 Å². The SMILES string of the molecule is N[C@@H](Cc1cnc[nH]1)C(=O)O.Nc1ncnc2nc[nH]c12. The van der Waals surface area contributed by atoms with E-state index < -0.39 is 12.0 Å². The van der Waals surface area contributed by atoms with Gasteiger partial charge in [0.15, 0.2) is 11.5 Å². The van der Waals surface area contributed by atoms with E-state index in [0.717, 1.165) is 5.69 Å². The third-order valence-corrected chi connectivity index (χ3v) is 2.56. The van der Waals surface area contributed by atoms with Crippen molar-refractivity contribution in [2.45, 2.75) is 12.5 Å². The Kier molecular flexibility index (Phi) is 4.41. The first kappa shape index (κ1) is 14.4. The lowest BCUT2D eigenvalue weighted by molar-refractivity contribution is -0.138. The molecule has 1 atom stereocenters. The predicted molar refractivity (Wildman–Crippen MR) is 74.0 cm³/mol. The number of rotatable bonds is 3. The van der Waals surface area contributed by atoms with Gasteiger partial charge in [0.25, 0.3) is 0 Å². The maximum atomic E-state index is 10.3. The van der Waals surface area contributed by atoms with E-state index in [2.05, 4.69) is 29.9 Å². The highest BCUT2D eigenvalue weighted by Gasteiger charge is 2.12. The van der Waals surface area contributed by atoms with Crippen molar-refractivity contribution in [3.63, 3.8) is 0 Å².